The predicted molar refractivity (Wildman–Crippen MR) is 41.7 cm³/mol. The second-order valence-electron chi connectivity index (χ2n) is 1.62. The minimum Gasteiger partial charge on any atom is -0.497 e. The van der Waals surface area contributed by atoms with Gasteiger partial charge in [0.05, 0.1) is 7.11 Å². The fourth-order valence-corrected chi connectivity index (χ4v) is 0.557. The Morgan fingerprint density at radius 2 is 1.82 bits per heavy atom. The molecule has 0 atom stereocenters. The number of para-hydroxylation sites is 1. The van der Waals surface area contributed by atoms with Crippen LogP contribution in [-0.4, -0.2) is 18.7 Å². The summed E-state index contributed by atoms with van der Waals surface area (Å²) in [4.78, 5) is 8.36. The molecule has 0 aliphatic heterocycles. The molecular formula is C8H10O3. The van der Waals surface area contributed by atoms with Crippen molar-refractivity contribution in [3.63, 3.8) is 0 Å². The zero-order chi connectivity index (χ0) is 8.53. The van der Waals surface area contributed by atoms with E-state index in [4.69, 9.17) is 14.6 Å². The number of benzene rings is 1. The van der Waals surface area contributed by atoms with Gasteiger partial charge < -0.3 is 9.84 Å². The number of hydrogen-bond donors (Lipinski definition) is 1. The van der Waals surface area contributed by atoms with Gasteiger partial charge in [-0.25, -0.2) is 0 Å². The number of methoxy groups -OCH3 is 1. The molecule has 60 valence electrons. The molecule has 0 saturated carbocycles. The number of ether oxygens (including phenoxy) is 1. The van der Waals surface area contributed by atoms with E-state index in [2.05, 4.69) is 0 Å². The first kappa shape index (κ1) is 9.49. The third kappa shape index (κ3) is 4.96. The Morgan fingerprint density at radius 3 is 2.09 bits per heavy atom. The molecule has 0 unspecified atom stereocenters. The lowest BCUT2D eigenvalue weighted by Gasteiger charge is -1.93. The maximum absolute atomic E-state index is 8.36. The maximum atomic E-state index is 8.36. The first-order chi connectivity index (χ1) is 5.35. The molecule has 1 aromatic carbocycles. The summed E-state index contributed by atoms with van der Waals surface area (Å²) in [7, 11) is 1.66. The van der Waals surface area contributed by atoms with Gasteiger partial charge >= 0.3 is 0 Å². The van der Waals surface area contributed by atoms with E-state index in [9.17, 15) is 0 Å². The summed E-state index contributed by atoms with van der Waals surface area (Å²) < 4.78 is 4.91. The van der Waals surface area contributed by atoms with Gasteiger partial charge in [0.1, 0.15) is 5.75 Å². The normalized spacial score (nSPS) is 7.36. The summed E-state index contributed by atoms with van der Waals surface area (Å²) >= 11 is 0. The lowest BCUT2D eigenvalue weighted by Crippen LogP contribution is -1.78. The third-order valence-electron chi connectivity index (χ3n) is 0.979. The Hall–Kier alpha value is -1.51. The topological polar surface area (TPSA) is 46.5 Å². The van der Waals surface area contributed by atoms with Crippen LogP contribution >= 0.6 is 0 Å². The van der Waals surface area contributed by atoms with Crippen LogP contribution in [0.15, 0.2) is 30.3 Å². The van der Waals surface area contributed by atoms with E-state index in [1.54, 1.807) is 7.11 Å². The lowest BCUT2D eigenvalue weighted by molar-refractivity contribution is -0.122. The Kier molecular flexibility index (Phi) is 5.70. The predicted octanol–water partition coefficient (Wildman–Crippen LogP) is 1.40. The van der Waals surface area contributed by atoms with E-state index in [-0.39, 0.29) is 6.47 Å². The molecule has 1 rings (SSSR count). The van der Waals surface area contributed by atoms with E-state index >= 15 is 0 Å². The van der Waals surface area contributed by atoms with Gasteiger partial charge in [0.2, 0.25) is 0 Å². The fraction of sp³-hybridized carbons (Fsp3) is 0.125. The molecule has 11 heavy (non-hydrogen) atoms. The molecule has 0 aliphatic carbocycles. The van der Waals surface area contributed by atoms with Crippen LogP contribution in [0.2, 0.25) is 0 Å². The second-order valence-corrected chi connectivity index (χ2v) is 1.62. The first-order valence-corrected chi connectivity index (χ1v) is 3.02. The summed E-state index contributed by atoms with van der Waals surface area (Å²) in [6.45, 7) is -0.250. The van der Waals surface area contributed by atoms with Crippen LogP contribution in [0.4, 0.5) is 0 Å². The van der Waals surface area contributed by atoms with Gasteiger partial charge in [0, 0.05) is 0 Å². The van der Waals surface area contributed by atoms with Gasteiger partial charge in [-0.3, -0.25) is 4.79 Å². The lowest BCUT2D eigenvalue weighted by atomic mass is 10.3. The average molecular weight is 154 g/mol. The van der Waals surface area contributed by atoms with Crippen LogP contribution in [0, 0.1) is 0 Å². The molecule has 0 aliphatic rings. The van der Waals surface area contributed by atoms with Gasteiger partial charge in [-0.2, -0.15) is 0 Å². The molecule has 0 radical (unpaired) electrons. The van der Waals surface area contributed by atoms with Crippen LogP contribution in [0.5, 0.6) is 5.75 Å². The van der Waals surface area contributed by atoms with E-state index in [1.807, 2.05) is 30.3 Å². The van der Waals surface area contributed by atoms with Crippen molar-refractivity contribution in [2.45, 2.75) is 0 Å². The average Bonchev–Trinajstić information content (AvgIpc) is 2.08. The van der Waals surface area contributed by atoms with Gasteiger partial charge in [-0.05, 0) is 12.1 Å². The summed E-state index contributed by atoms with van der Waals surface area (Å²) in [6, 6.07) is 9.68. The summed E-state index contributed by atoms with van der Waals surface area (Å²) in [5, 5.41) is 6.89. The van der Waals surface area contributed by atoms with Crippen LogP contribution in [-0.2, 0) is 4.79 Å². The largest absolute Gasteiger partial charge is 0.497 e. The molecule has 1 N–H and O–H groups in total. The monoisotopic (exact) mass is 154 g/mol. The van der Waals surface area contributed by atoms with Gasteiger partial charge in [0.25, 0.3) is 6.47 Å². The summed E-state index contributed by atoms with van der Waals surface area (Å²) in [6.07, 6.45) is 0. The minimum absolute atomic E-state index is 0.250. The van der Waals surface area contributed by atoms with Crippen molar-refractivity contribution in [3.05, 3.63) is 30.3 Å². The van der Waals surface area contributed by atoms with Gasteiger partial charge in [-0.15, -0.1) is 0 Å². The zero-order valence-corrected chi connectivity index (χ0v) is 6.23. The number of rotatable bonds is 1. The first-order valence-electron chi connectivity index (χ1n) is 3.02. The van der Waals surface area contributed by atoms with Crippen LogP contribution < -0.4 is 4.74 Å². The quantitative estimate of drug-likeness (QED) is 0.622. The molecule has 3 nitrogen and oxygen atoms in total. The minimum atomic E-state index is -0.250. The molecule has 0 bridgehead atoms. The number of carbonyl (C=O) groups is 1. The number of hydrogen-bond acceptors (Lipinski definition) is 2. The second kappa shape index (κ2) is 6.61. The Balaban J connectivity index is 0.000000292. The van der Waals surface area contributed by atoms with Crippen molar-refractivity contribution in [1.29, 1.82) is 0 Å². The summed E-state index contributed by atoms with van der Waals surface area (Å²) in [5.74, 6) is 0.910. The van der Waals surface area contributed by atoms with Crippen LogP contribution in [0.25, 0.3) is 0 Å². The Morgan fingerprint density at radius 1 is 1.36 bits per heavy atom. The van der Waals surface area contributed by atoms with Crippen molar-refractivity contribution in [2.24, 2.45) is 0 Å². The van der Waals surface area contributed by atoms with E-state index < -0.39 is 0 Å². The zero-order valence-electron chi connectivity index (χ0n) is 6.23. The highest BCUT2D eigenvalue weighted by atomic mass is 16.5. The van der Waals surface area contributed by atoms with Gasteiger partial charge in [0.15, 0.2) is 0 Å². The molecule has 0 heterocycles. The van der Waals surface area contributed by atoms with Crippen molar-refractivity contribution >= 4 is 6.47 Å². The molecule has 0 aromatic heterocycles. The van der Waals surface area contributed by atoms with Crippen molar-refractivity contribution < 1.29 is 14.6 Å². The maximum Gasteiger partial charge on any atom is 0.290 e. The molecule has 0 saturated heterocycles. The summed E-state index contributed by atoms with van der Waals surface area (Å²) in [5.41, 5.74) is 0. The van der Waals surface area contributed by atoms with Crippen LogP contribution in [0.1, 0.15) is 0 Å². The number of carboxylic acid groups (broad SMARTS) is 1. The van der Waals surface area contributed by atoms with Crippen molar-refractivity contribution in [2.75, 3.05) is 7.11 Å². The Labute approximate surface area is 65.2 Å². The van der Waals surface area contributed by atoms with E-state index in [0.717, 1.165) is 5.75 Å². The highest BCUT2D eigenvalue weighted by Gasteiger charge is 1.80. The van der Waals surface area contributed by atoms with Crippen molar-refractivity contribution in [1.82, 2.24) is 0 Å². The SMILES string of the molecule is COc1ccccc1.O=CO. The van der Waals surface area contributed by atoms with Crippen molar-refractivity contribution in [3.8, 4) is 5.75 Å². The van der Waals surface area contributed by atoms with E-state index in [1.165, 1.54) is 0 Å². The third-order valence-corrected chi connectivity index (χ3v) is 0.979. The molecule has 0 spiro atoms. The van der Waals surface area contributed by atoms with Crippen LogP contribution in [0.3, 0.4) is 0 Å². The highest BCUT2D eigenvalue weighted by Crippen LogP contribution is 2.05. The molecule has 0 amide bonds. The fourth-order valence-electron chi connectivity index (χ4n) is 0.557. The standard InChI is InChI=1S/C7H8O.CH2O2/c1-8-7-5-3-2-4-6-7;2-1-3/h2-6H,1H3;1H,(H,2,3). The smallest absolute Gasteiger partial charge is 0.290 e. The van der Waals surface area contributed by atoms with E-state index in [0.29, 0.717) is 0 Å². The van der Waals surface area contributed by atoms with Gasteiger partial charge in [-0.1, -0.05) is 18.2 Å². The highest BCUT2D eigenvalue weighted by molar-refractivity contribution is 5.32. The molecule has 0 fully saturated rings. The molecule has 3 heteroatoms. The molecule has 1 aromatic rings. The molecular weight excluding hydrogens is 144 g/mol. The Bertz CT molecular complexity index is 184.